The number of ether oxygens (including phenoxy) is 1. The van der Waals surface area contributed by atoms with Crippen LogP contribution in [0.2, 0.25) is 0 Å². The molecule has 4 heteroatoms. The van der Waals surface area contributed by atoms with Gasteiger partial charge in [-0.25, -0.2) is 4.98 Å². The summed E-state index contributed by atoms with van der Waals surface area (Å²) in [5.74, 6) is 0.811. The predicted molar refractivity (Wildman–Crippen MR) is 86.8 cm³/mol. The van der Waals surface area contributed by atoms with Crippen LogP contribution >= 0.6 is 11.3 Å². The van der Waals surface area contributed by atoms with Crippen LogP contribution in [0.3, 0.4) is 0 Å². The molecule has 0 bridgehead atoms. The Morgan fingerprint density at radius 1 is 1.05 bits per heavy atom. The Kier molecular flexibility index (Phi) is 3.71. The van der Waals surface area contributed by atoms with Crippen molar-refractivity contribution < 1.29 is 4.74 Å². The lowest BCUT2D eigenvalue weighted by molar-refractivity contribution is 0.416. The molecule has 2 heterocycles. The Hall–Kier alpha value is -2.20. The van der Waals surface area contributed by atoms with Gasteiger partial charge in [0.1, 0.15) is 11.4 Å². The Balaban J connectivity index is 2.05. The van der Waals surface area contributed by atoms with Crippen LogP contribution in [0.4, 0.5) is 0 Å². The maximum atomic E-state index is 5.39. The maximum Gasteiger partial charge on any atom is 0.128 e. The minimum Gasteiger partial charge on any atom is -0.496 e. The summed E-state index contributed by atoms with van der Waals surface area (Å²) in [6.45, 7) is 4.09. The third-order valence-corrected chi connectivity index (χ3v) is 4.31. The molecule has 0 atom stereocenters. The maximum absolute atomic E-state index is 5.39. The number of hydrogen-bond acceptors (Lipinski definition) is 4. The lowest BCUT2D eigenvalue weighted by atomic mass is 10.1. The summed E-state index contributed by atoms with van der Waals surface area (Å²) < 4.78 is 5.39. The van der Waals surface area contributed by atoms with Gasteiger partial charge in [-0.15, -0.1) is 11.3 Å². The van der Waals surface area contributed by atoms with Crippen molar-refractivity contribution in [2.24, 2.45) is 0 Å². The van der Waals surface area contributed by atoms with E-state index in [4.69, 9.17) is 9.72 Å². The minimum absolute atomic E-state index is 0.811. The van der Waals surface area contributed by atoms with E-state index in [1.54, 1.807) is 18.4 Å². The second-order valence-corrected chi connectivity index (χ2v) is 6.09. The van der Waals surface area contributed by atoms with E-state index < -0.39 is 0 Å². The number of rotatable bonds is 3. The average molecular weight is 296 g/mol. The van der Waals surface area contributed by atoms with Gasteiger partial charge in [-0.3, -0.25) is 4.98 Å². The number of nitrogens with zero attached hydrogens (tertiary/aromatic N) is 2. The van der Waals surface area contributed by atoms with Gasteiger partial charge in [0, 0.05) is 10.4 Å². The van der Waals surface area contributed by atoms with Crippen molar-refractivity contribution in [2.45, 2.75) is 13.8 Å². The first-order valence-electron chi connectivity index (χ1n) is 6.73. The molecule has 0 unspecified atom stereocenters. The van der Waals surface area contributed by atoms with E-state index in [2.05, 4.69) is 24.0 Å². The van der Waals surface area contributed by atoms with Gasteiger partial charge in [0.25, 0.3) is 0 Å². The van der Waals surface area contributed by atoms with E-state index >= 15 is 0 Å². The summed E-state index contributed by atoms with van der Waals surface area (Å²) in [5.41, 5.74) is 3.68. The molecule has 0 radical (unpaired) electrons. The molecule has 3 aromatic rings. The standard InChI is InChI=1S/C17H16N2OS/c1-11-8-9-16(21-11)17-12(2)19-14(10-18-17)13-6-4-5-7-15(13)20-3/h4-10H,1-3H3. The number of benzene rings is 1. The van der Waals surface area contributed by atoms with Crippen LogP contribution in [0.1, 0.15) is 10.6 Å². The summed E-state index contributed by atoms with van der Waals surface area (Å²) in [6.07, 6.45) is 1.81. The van der Waals surface area contributed by atoms with Crippen molar-refractivity contribution in [1.29, 1.82) is 0 Å². The van der Waals surface area contributed by atoms with Crippen LogP contribution in [0, 0.1) is 13.8 Å². The number of aryl methyl sites for hydroxylation is 2. The predicted octanol–water partition coefficient (Wildman–Crippen LogP) is 4.50. The van der Waals surface area contributed by atoms with Gasteiger partial charge in [0.05, 0.1) is 29.6 Å². The first-order valence-corrected chi connectivity index (χ1v) is 7.54. The molecule has 0 saturated heterocycles. The SMILES string of the molecule is COc1ccccc1-c1cnc(-c2ccc(C)s2)c(C)n1. The van der Waals surface area contributed by atoms with Gasteiger partial charge >= 0.3 is 0 Å². The molecule has 1 aromatic carbocycles. The number of para-hydroxylation sites is 1. The van der Waals surface area contributed by atoms with Crippen molar-refractivity contribution in [3.63, 3.8) is 0 Å². The van der Waals surface area contributed by atoms with E-state index in [0.29, 0.717) is 0 Å². The van der Waals surface area contributed by atoms with Crippen molar-refractivity contribution >= 4 is 11.3 Å². The fourth-order valence-electron chi connectivity index (χ4n) is 2.27. The summed E-state index contributed by atoms with van der Waals surface area (Å²) in [6, 6.07) is 12.1. The van der Waals surface area contributed by atoms with Gasteiger partial charge in [0.2, 0.25) is 0 Å². The lowest BCUT2D eigenvalue weighted by Crippen LogP contribution is -1.95. The number of thiophene rings is 1. The zero-order valence-electron chi connectivity index (χ0n) is 12.3. The average Bonchev–Trinajstić information content (AvgIpc) is 2.93. The summed E-state index contributed by atoms with van der Waals surface area (Å²) in [5, 5.41) is 0. The molecular formula is C17H16N2OS. The third-order valence-electron chi connectivity index (χ3n) is 3.30. The highest BCUT2D eigenvalue weighted by Gasteiger charge is 2.11. The molecule has 21 heavy (non-hydrogen) atoms. The summed E-state index contributed by atoms with van der Waals surface area (Å²) in [4.78, 5) is 11.7. The van der Waals surface area contributed by atoms with E-state index in [0.717, 1.165) is 33.3 Å². The Morgan fingerprint density at radius 3 is 2.52 bits per heavy atom. The zero-order valence-corrected chi connectivity index (χ0v) is 13.1. The Morgan fingerprint density at radius 2 is 1.86 bits per heavy atom. The highest BCUT2D eigenvalue weighted by molar-refractivity contribution is 7.15. The van der Waals surface area contributed by atoms with Gasteiger partial charge in [-0.2, -0.15) is 0 Å². The molecule has 0 fully saturated rings. The van der Waals surface area contributed by atoms with Crippen LogP contribution in [-0.2, 0) is 0 Å². The molecule has 0 saturated carbocycles. The number of aromatic nitrogens is 2. The molecule has 0 spiro atoms. The smallest absolute Gasteiger partial charge is 0.128 e. The van der Waals surface area contributed by atoms with Crippen molar-refractivity contribution in [1.82, 2.24) is 9.97 Å². The quantitative estimate of drug-likeness (QED) is 0.714. The largest absolute Gasteiger partial charge is 0.496 e. The van der Waals surface area contributed by atoms with Crippen LogP contribution in [-0.4, -0.2) is 17.1 Å². The molecule has 0 amide bonds. The van der Waals surface area contributed by atoms with Crippen molar-refractivity contribution in [2.75, 3.05) is 7.11 Å². The molecule has 0 aliphatic heterocycles. The van der Waals surface area contributed by atoms with E-state index in [-0.39, 0.29) is 0 Å². The molecule has 0 aliphatic rings. The molecule has 106 valence electrons. The van der Waals surface area contributed by atoms with Crippen LogP contribution in [0.5, 0.6) is 5.75 Å². The first-order chi connectivity index (χ1) is 10.2. The van der Waals surface area contributed by atoms with E-state index in [1.807, 2.05) is 37.4 Å². The van der Waals surface area contributed by atoms with Gasteiger partial charge < -0.3 is 4.74 Å². The van der Waals surface area contributed by atoms with Gasteiger partial charge in [0.15, 0.2) is 0 Å². The molecule has 0 aliphatic carbocycles. The normalized spacial score (nSPS) is 10.6. The highest BCUT2D eigenvalue weighted by Crippen LogP contribution is 2.31. The minimum atomic E-state index is 0.811. The van der Waals surface area contributed by atoms with Crippen LogP contribution in [0.15, 0.2) is 42.6 Å². The Bertz CT molecular complexity index is 780. The fourth-order valence-corrected chi connectivity index (χ4v) is 3.19. The number of hydrogen-bond donors (Lipinski definition) is 0. The monoisotopic (exact) mass is 296 g/mol. The number of methoxy groups -OCH3 is 1. The molecule has 2 aromatic heterocycles. The molecular weight excluding hydrogens is 280 g/mol. The third kappa shape index (κ3) is 2.67. The van der Waals surface area contributed by atoms with E-state index in [9.17, 15) is 0 Å². The topological polar surface area (TPSA) is 35.0 Å². The zero-order chi connectivity index (χ0) is 14.8. The van der Waals surface area contributed by atoms with Gasteiger partial charge in [-0.05, 0) is 38.1 Å². The van der Waals surface area contributed by atoms with Crippen molar-refractivity contribution in [3.8, 4) is 27.6 Å². The first kappa shape index (κ1) is 13.8. The highest BCUT2D eigenvalue weighted by atomic mass is 32.1. The summed E-state index contributed by atoms with van der Waals surface area (Å²) >= 11 is 1.74. The Labute approximate surface area is 128 Å². The van der Waals surface area contributed by atoms with Crippen LogP contribution in [0.25, 0.3) is 21.8 Å². The van der Waals surface area contributed by atoms with Crippen LogP contribution < -0.4 is 4.74 Å². The van der Waals surface area contributed by atoms with E-state index in [1.165, 1.54) is 4.88 Å². The summed E-state index contributed by atoms with van der Waals surface area (Å²) in [7, 11) is 1.67. The second-order valence-electron chi connectivity index (χ2n) is 4.80. The molecule has 3 nitrogen and oxygen atoms in total. The van der Waals surface area contributed by atoms with Crippen molar-refractivity contribution in [3.05, 3.63) is 53.2 Å². The molecule has 3 rings (SSSR count). The van der Waals surface area contributed by atoms with Gasteiger partial charge in [-0.1, -0.05) is 12.1 Å². The molecule has 0 N–H and O–H groups in total. The fraction of sp³-hybridized carbons (Fsp3) is 0.176. The second kappa shape index (κ2) is 5.66. The lowest BCUT2D eigenvalue weighted by Gasteiger charge is -2.09.